The van der Waals surface area contributed by atoms with Crippen LogP contribution < -0.4 is 10.1 Å². The van der Waals surface area contributed by atoms with Gasteiger partial charge in [-0.05, 0) is 55.8 Å². The van der Waals surface area contributed by atoms with Crippen molar-refractivity contribution in [1.82, 2.24) is 0 Å². The van der Waals surface area contributed by atoms with Gasteiger partial charge in [-0.25, -0.2) is 0 Å². The molecule has 6 nitrogen and oxygen atoms in total. The Hall–Kier alpha value is -3.15. The van der Waals surface area contributed by atoms with E-state index in [0.29, 0.717) is 17.0 Å². The van der Waals surface area contributed by atoms with Crippen molar-refractivity contribution in [3.05, 3.63) is 59.7 Å². The van der Waals surface area contributed by atoms with Gasteiger partial charge in [-0.2, -0.15) is 0 Å². The molecule has 0 unspecified atom stereocenters. The standard InChI is InChI=1S/C20H21NO5/c1-13(22)16-7-9-17(10-8-16)21-20(24)14(2)26-19(23)12-15-5-4-6-18(11-15)25-3/h4-11,14H,12H2,1-3H3,(H,21,24)/t14-/m0/s1. The molecule has 0 fully saturated rings. The zero-order valence-corrected chi connectivity index (χ0v) is 14.9. The second kappa shape index (κ2) is 8.80. The van der Waals surface area contributed by atoms with Crippen molar-refractivity contribution in [2.24, 2.45) is 0 Å². The van der Waals surface area contributed by atoms with Crippen molar-refractivity contribution in [1.29, 1.82) is 0 Å². The third kappa shape index (κ3) is 5.44. The van der Waals surface area contributed by atoms with Crippen molar-refractivity contribution in [2.45, 2.75) is 26.4 Å². The average molecular weight is 355 g/mol. The summed E-state index contributed by atoms with van der Waals surface area (Å²) in [5, 5.41) is 2.65. The highest BCUT2D eigenvalue weighted by Gasteiger charge is 2.18. The Labute approximate surface area is 152 Å². The molecule has 26 heavy (non-hydrogen) atoms. The van der Waals surface area contributed by atoms with Crippen LogP contribution in [0.4, 0.5) is 5.69 Å². The van der Waals surface area contributed by atoms with Crippen LogP contribution in [0.3, 0.4) is 0 Å². The maximum Gasteiger partial charge on any atom is 0.311 e. The van der Waals surface area contributed by atoms with E-state index in [2.05, 4.69) is 5.32 Å². The van der Waals surface area contributed by atoms with Crippen molar-refractivity contribution in [3.63, 3.8) is 0 Å². The first kappa shape index (κ1) is 19.2. The molecule has 0 aliphatic heterocycles. The highest BCUT2D eigenvalue weighted by molar-refractivity contribution is 5.97. The highest BCUT2D eigenvalue weighted by Crippen LogP contribution is 2.14. The number of methoxy groups -OCH3 is 1. The number of amides is 1. The SMILES string of the molecule is COc1cccc(CC(=O)O[C@@H](C)C(=O)Nc2ccc(C(C)=O)cc2)c1. The number of carbonyl (C=O) groups is 3. The minimum Gasteiger partial charge on any atom is -0.497 e. The summed E-state index contributed by atoms with van der Waals surface area (Å²) < 4.78 is 10.3. The Kier molecular flexibility index (Phi) is 6.49. The van der Waals surface area contributed by atoms with Crippen LogP contribution in [0.15, 0.2) is 48.5 Å². The minimum absolute atomic E-state index is 0.0438. The van der Waals surface area contributed by atoms with Gasteiger partial charge in [0, 0.05) is 11.3 Å². The van der Waals surface area contributed by atoms with Crippen LogP contribution in [-0.4, -0.2) is 30.9 Å². The number of esters is 1. The summed E-state index contributed by atoms with van der Waals surface area (Å²) in [5.74, 6) is -0.356. The predicted octanol–water partition coefficient (Wildman–Crippen LogP) is 3.01. The lowest BCUT2D eigenvalue weighted by Gasteiger charge is -2.14. The lowest BCUT2D eigenvalue weighted by Crippen LogP contribution is -2.30. The molecule has 2 aromatic rings. The first-order chi connectivity index (χ1) is 12.4. The summed E-state index contributed by atoms with van der Waals surface area (Å²) in [5.41, 5.74) is 1.82. The van der Waals surface area contributed by atoms with E-state index in [1.54, 1.807) is 55.6 Å². The smallest absolute Gasteiger partial charge is 0.311 e. The fraction of sp³-hybridized carbons (Fsp3) is 0.250. The number of hydrogen-bond acceptors (Lipinski definition) is 5. The number of ketones is 1. The van der Waals surface area contributed by atoms with E-state index in [1.807, 2.05) is 0 Å². The van der Waals surface area contributed by atoms with E-state index in [4.69, 9.17) is 9.47 Å². The van der Waals surface area contributed by atoms with Crippen LogP contribution in [0.2, 0.25) is 0 Å². The van der Waals surface area contributed by atoms with Crippen LogP contribution in [0.25, 0.3) is 0 Å². The summed E-state index contributed by atoms with van der Waals surface area (Å²) in [6.45, 7) is 2.97. The Balaban J connectivity index is 1.89. The summed E-state index contributed by atoms with van der Waals surface area (Å²) in [4.78, 5) is 35.4. The quantitative estimate of drug-likeness (QED) is 0.610. The molecule has 0 aliphatic carbocycles. The fourth-order valence-electron chi connectivity index (χ4n) is 2.27. The van der Waals surface area contributed by atoms with Crippen LogP contribution >= 0.6 is 0 Å². The lowest BCUT2D eigenvalue weighted by molar-refractivity contribution is -0.152. The van der Waals surface area contributed by atoms with E-state index in [1.165, 1.54) is 13.8 Å². The highest BCUT2D eigenvalue weighted by atomic mass is 16.5. The molecule has 136 valence electrons. The van der Waals surface area contributed by atoms with E-state index in [9.17, 15) is 14.4 Å². The molecular formula is C20H21NO5. The molecule has 0 aliphatic rings. The molecule has 1 amide bonds. The number of Topliss-reactive ketones (excluding diaryl/α,β-unsaturated/α-hetero) is 1. The van der Waals surface area contributed by atoms with Crippen LogP contribution in [0.1, 0.15) is 29.8 Å². The first-order valence-corrected chi connectivity index (χ1v) is 8.13. The van der Waals surface area contributed by atoms with Gasteiger partial charge in [0.1, 0.15) is 5.75 Å². The number of nitrogens with one attached hydrogen (secondary N) is 1. The number of benzene rings is 2. The Morgan fingerprint density at radius 1 is 1.08 bits per heavy atom. The van der Waals surface area contributed by atoms with Gasteiger partial charge in [-0.15, -0.1) is 0 Å². The number of rotatable bonds is 7. The molecule has 0 radical (unpaired) electrons. The predicted molar refractivity (Wildman–Crippen MR) is 97.3 cm³/mol. The van der Waals surface area contributed by atoms with Gasteiger partial charge in [-0.1, -0.05) is 12.1 Å². The lowest BCUT2D eigenvalue weighted by atomic mass is 10.1. The molecule has 6 heteroatoms. The fourth-order valence-corrected chi connectivity index (χ4v) is 2.27. The van der Waals surface area contributed by atoms with Crippen LogP contribution in [0.5, 0.6) is 5.75 Å². The van der Waals surface area contributed by atoms with E-state index < -0.39 is 18.0 Å². The van der Waals surface area contributed by atoms with Crippen molar-refractivity contribution in [2.75, 3.05) is 12.4 Å². The third-order valence-corrected chi connectivity index (χ3v) is 3.72. The van der Waals surface area contributed by atoms with Crippen molar-refractivity contribution >= 4 is 23.3 Å². The van der Waals surface area contributed by atoms with Gasteiger partial charge >= 0.3 is 5.97 Å². The monoisotopic (exact) mass is 355 g/mol. The Bertz CT molecular complexity index is 798. The molecule has 0 saturated carbocycles. The normalized spacial score (nSPS) is 11.3. The average Bonchev–Trinajstić information content (AvgIpc) is 2.62. The van der Waals surface area contributed by atoms with E-state index >= 15 is 0 Å². The molecular weight excluding hydrogens is 334 g/mol. The zero-order chi connectivity index (χ0) is 19.1. The second-order valence-electron chi connectivity index (χ2n) is 5.78. The summed E-state index contributed by atoms with van der Waals surface area (Å²) >= 11 is 0. The third-order valence-electron chi connectivity index (χ3n) is 3.72. The van der Waals surface area contributed by atoms with Gasteiger partial charge in [0.2, 0.25) is 0 Å². The molecule has 2 aromatic carbocycles. The summed E-state index contributed by atoms with van der Waals surface area (Å²) in [7, 11) is 1.55. The molecule has 0 saturated heterocycles. The molecule has 2 rings (SSSR count). The number of carbonyl (C=O) groups excluding carboxylic acids is 3. The Morgan fingerprint density at radius 2 is 1.77 bits per heavy atom. The second-order valence-corrected chi connectivity index (χ2v) is 5.78. The molecule has 0 aromatic heterocycles. The van der Waals surface area contributed by atoms with Gasteiger partial charge < -0.3 is 14.8 Å². The molecule has 1 N–H and O–H groups in total. The number of anilines is 1. The maximum absolute atomic E-state index is 12.1. The van der Waals surface area contributed by atoms with Gasteiger partial charge in [-0.3, -0.25) is 14.4 Å². The zero-order valence-electron chi connectivity index (χ0n) is 14.9. The minimum atomic E-state index is -0.944. The van der Waals surface area contributed by atoms with E-state index in [0.717, 1.165) is 5.56 Å². The van der Waals surface area contributed by atoms with Crippen LogP contribution in [0, 0.1) is 0 Å². The number of ether oxygens (including phenoxy) is 2. The summed E-state index contributed by atoms with van der Waals surface area (Å²) in [6.07, 6.45) is -0.900. The Morgan fingerprint density at radius 3 is 2.38 bits per heavy atom. The maximum atomic E-state index is 12.1. The molecule has 0 heterocycles. The van der Waals surface area contributed by atoms with Gasteiger partial charge in [0.25, 0.3) is 5.91 Å². The van der Waals surface area contributed by atoms with Crippen molar-refractivity contribution < 1.29 is 23.9 Å². The van der Waals surface area contributed by atoms with E-state index in [-0.39, 0.29) is 12.2 Å². The molecule has 0 bridgehead atoms. The molecule has 0 spiro atoms. The van der Waals surface area contributed by atoms with Gasteiger partial charge in [0.05, 0.1) is 13.5 Å². The largest absolute Gasteiger partial charge is 0.497 e. The van der Waals surface area contributed by atoms with Crippen molar-refractivity contribution in [3.8, 4) is 5.75 Å². The van der Waals surface area contributed by atoms with Gasteiger partial charge in [0.15, 0.2) is 11.9 Å². The molecule has 1 atom stereocenters. The topological polar surface area (TPSA) is 81.7 Å². The number of hydrogen-bond donors (Lipinski definition) is 1. The first-order valence-electron chi connectivity index (χ1n) is 8.13. The van der Waals surface area contributed by atoms with Crippen LogP contribution in [-0.2, 0) is 20.7 Å². The summed E-state index contributed by atoms with van der Waals surface area (Å²) in [6, 6.07) is 13.6.